The zero-order valence-corrected chi connectivity index (χ0v) is 16.7. The number of rotatable bonds is 5. The fraction of sp³-hybridized carbons (Fsp3) is 0.381. The number of hydrogen-bond donors (Lipinski definition) is 1. The van der Waals surface area contributed by atoms with Gasteiger partial charge >= 0.3 is 0 Å². The Kier molecular flexibility index (Phi) is 5.45. The third-order valence-electron chi connectivity index (χ3n) is 4.96. The van der Waals surface area contributed by atoms with Crippen molar-refractivity contribution in [1.29, 1.82) is 0 Å². The third kappa shape index (κ3) is 4.70. The van der Waals surface area contributed by atoms with Crippen LogP contribution < -0.4 is 5.32 Å². The normalized spacial score (nSPS) is 15.8. The van der Waals surface area contributed by atoms with Crippen molar-refractivity contribution in [1.82, 2.24) is 19.9 Å². The lowest BCUT2D eigenvalue weighted by atomic mass is 9.92. The predicted octanol–water partition coefficient (Wildman–Crippen LogP) is 4.67. The Morgan fingerprint density at radius 1 is 1.15 bits per heavy atom. The molecule has 4 heterocycles. The molecule has 1 aliphatic heterocycles. The second-order valence-electron chi connectivity index (χ2n) is 7.16. The van der Waals surface area contributed by atoms with Crippen LogP contribution in [0.15, 0.2) is 42.7 Å². The Balaban J connectivity index is 1.40. The highest BCUT2D eigenvalue weighted by Crippen LogP contribution is 2.30. The van der Waals surface area contributed by atoms with Crippen molar-refractivity contribution in [2.24, 2.45) is 0 Å². The Morgan fingerprint density at radius 3 is 2.70 bits per heavy atom. The molecule has 0 unspecified atom stereocenters. The molecule has 4 rings (SSSR count). The Labute approximate surface area is 164 Å². The highest BCUT2D eigenvalue weighted by Gasteiger charge is 2.22. The van der Waals surface area contributed by atoms with Crippen LogP contribution >= 0.6 is 11.3 Å². The van der Waals surface area contributed by atoms with Gasteiger partial charge in [-0.2, -0.15) is 0 Å². The first-order valence-corrected chi connectivity index (χ1v) is 10.3. The lowest BCUT2D eigenvalue weighted by molar-refractivity contribution is 0.205. The van der Waals surface area contributed by atoms with Crippen LogP contribution in [0.5, 0.6) is 0 Å². The molecule has 0 spiro atoms. The number of anilines is 2. The first-order valence-electron chi connectivity index (χ1n) is 9.46. The molecule has 1 fully saturated rings. The monoisotopic (exact) mass is 379 g/mol. The van der Waals surface area contributed by atoms with E-state index in [1.54, 1.807) is 17.5 Å². The summed E-state index contributed by atoms with van der Waals surface area (Å²) in [5.41, 5.74) is 3.31. The van der Waals surface area contributed by atoms with E-state index in [2.05, 4.69) is 46.2 Å². The first kappa shape index (κ1) is 18.1. The quantitative estimate of drug-likeness (QED) is 0.698. The van der Waals surface area contributed by atoms with Crippen LogP contribution in [0.25, 0.3) is 0 Å². The van der Waals surface area contributed by atoms with Crippen molar-refractivity contribution in [2.45, 2.75) is 39.2 Å². The van der Waals surface area contributed by atoms with Crippen molar-refractivity contribution in [3.63, 3.8) is 0 Å². The molecule has 1 saturated heterocycles. The number of pyridine rings is 2. The van der Waals surface area contributed by atoms with Crippen molar-refractivity contribution < 1.29 is 0 Å². The van der Waals surface area contributed by atoms with Gasteiger partial charge in [-0.15, -0.1) is 11.3 Å². The van der Waals surface area contributed by atoms with E-state index in [1.165, 1.54) is 10.6 Å². The molecule has 0 aliphatic carbocycles. The minimum Gasteiger partial charge on any atom is -0.340 e. The van der Waals surface area contributed by atoms with Crippen LogP contribution in [0.1, 0.15) is 40.0 Å². The molecule has 3 aromatic rings. The Morgan fingerprint density at radius 2 is 2.00 bits per heavy atom. The summed E-state index contributed by atoms with van der Waals surface area (Å²) >= 11 is 1.80. The number of nitrogens with zero attached hydrogens (tertiary/aromatic N) is 4. The fourth-order valence-corrected chi connectivity index (χ4v) is 4.48. The number of likely N-dealkylation sites (tertiary alicyclic amines) is 1. The van der Waals surface area contributed by atoms with E-state index in [9.17, 15) is 0 Å². The minimum absolute atomic E-state index is 0.522. The molecule has 0 aromatic carbocycles. The molecule has 1 N–H and O–H groups in total. The van der Waals surface area contributed by atoms with Gasteiger partial charge in [-0.25, -0.2) is 9.97 Å². The zero-order chi connectivity index (χ0) is 18.6. The van der Waals surface area contributed by atoms with Crippen LogP contribution in [-0.2, 0) is 6.54 Å². The lowest BCUT2D eigenvalue weighted by Crippen LogP contribution is -2.32. The van der Waals surface area contributed by atoms with Crippen LogP contribution in [0, 0.1) is 13.8 Å². The summed E-state index contributed by atoms with van der Waals surface area (Å²) < 4.78 is 0. The van der Waals surface area contributed by atoms with Gasteiger partial charge in [0.25, 0.3) is 0 Å². The van der Waals surface area contributed by atoms with Gasteiger partial charge < -0.3 is 5.32 Å². The molecule has 27 heavy (non-hydrogen) atoms. The average molecular weight is 380 g/mol. The van der Waals surface area contributed by atoms with Gasteiger partial charge in [0.1, 0.15) is 5.82 Å². The van der Waals surface area contributed by atoms with Gasteiger partial charge in [0, 0.05) is 46.8 Å². The molecule has 0 saturated carbocycles. The number of aromatic nitrogens is 3. The number of thiazole rings is 1. The summed E-state index contributed by atoms with van der Waals surface area (Å²) in [6, 6.07) is 10.2. The highest BCUT2D eigenvalue weighted by molar-refractivity contribution is 7.11. The molecule has 0 radical (unpaired) electrons. The first-order chi connectivity index (χ1) is 13.2. The summed E-state index contributed by atoms with van der Waals surface area (Å²) in [4.78, 5) is 17.4. The van der Waals surface area contributed by atoms with Crippen LogP contribution in [0.2, 0.25) is 0 Å². The van der Waals surface area contributed by atoms with Gasteiger partial charge in [-0.1, -0.05) is 6.07 Å². The van der Waals surface area contributed by atoms with Crippen molar-refractivity contribution in [3.05, 3.63) is 64.0 Å². The molecule has 0 bridgehead atoms. The van der Waals surface area contributed by atoms with Crippen molar-refractivity contribution >= 4 is 22.8 Å². The Hall–Kier alpha value is -2.31. The van der Waals surface area contributed by atoms with Gasteiger partial charge in [0.2, 0.25) is 0 Å². The van der Waals surface area contributed by atoms with E-state index in [4.69, 9.17) is 4.98 Å². The molecule has 140 valence electrons. The SMILES string of the molecule is Cc1cc(Nc2ccccn2)cc(C2CCN(Cc3cnc(C)s3)CC2)n1. The summed E-state index contributed by atoms with van der Waals surface area (Å²) in [6.45, 7) is 7.38. The maximum absolute atomic E-state index is 4.82. The Bertz CT molecular complexity index is 885. The molecule has 6 heteroatoms. The van der Waals surface area contributed by atoms with E-state index >= 15 is 0 Å². The van der Waals surface area contributed by atoms with E-state index in [0.29, 0.717) is 5.92 Å². The van der Waals surface area contributed by atoms with Crippen LogP contribution in [0.4, 0.5) is 11.5 Å². The van der Waals surface area contributed by atoms with Gasteiger partial charge in [-0.3, -0.25) is 9.88 Å². The second-order valence-corrected chi connectivity index (χ2v) is 8.48. The molecular weight excluding hydrogens is 354 g/mol. The van der Waals surface area contributed by atoms with E-state index in [0.717, 1.165) is 54.7 Å². The number of aryl methyl sites for hydroxylation is 2. The maximum Gasteiger partial charge on any atom is 0.130 e. The molecule has 0 atom stereocenters. The minimum atomic E-state index is 0.522. The fourth-order valence-electron chi connectivity index (χ4n) is 3.65. The molecular formula is C21H25N5S. The van der Waals surface area contributed by atoms with E-state index in [1.807, 2.05) is 24.4 Å². The lowest BCUT2D eigenvalue weighted by Gasteiger charge is -2.31. The molecule has 3 aromatic heterocycles. The zero-order valence-electron chi connectivity index (χ0n) is 15.9. The van der Waals surface area contributed by atoms with E-state index < -0.39 is 0 Å². The summed E-state index contributed by atoms with van der Waals surface area (Å²) in [5, 5.41) is 4.55. The summed E-state index contributed by atoms with van der Waals surface area (Å²) in [7, 11) is 0. The number of hydrogen-bond acceptors (Lipinski definition) is 6. The van der Waals surface area contributed by atoms with Crippen molar-refractivity contribution in [2.75, 3.05) is 18.4 Å². The standard InChI is InChI=1S/C21H25N5S/c1-15-11-18(25-21-5-3-4-8-22-21)12-20(24-15)17-6-9-26(10-7-17)14-19-13-23-16(2)27-19/h3-5,8,11-13,17H,6-7,9-10,14H2,1-2H3,(H,22,24,25). The van der Waals surface area contributed by atoms with Gasteiger partial charge in [0.05, 0.1) is 5.01 Å². The number of nitrogens with one attached hydrogen (secondary N) is 1. The topological polar surface area (TPSA) is 53.9 Å². The largest absolute Gasteiger partial charge is 0.340 e. The van der Waals surface area contributed by atoms with Gasteiger partial charge in [0.15, 0.2) is 0 Å². The predicted molar refractivity (Wildman–Crippen MR) is 111 cm³/mol. The smallest absolute Gasteiger partial charge is 0.130 e. The van der Waals surface area contributed by atoms with E-state index in [-0.39, 0.29) is 0 Å². The third-order valence-corrected chi connectivity index (χ3v) is 5.86. The second kappa shape index (κ2) is 8.15. The molecule has 5 nitrogen and oxygen atoms in total. The highest BCUT2D eigenvalue weighted by atomic mass is 32.1. The molecule has 0 amide bonds. The van der Waals surface area contributed by atoms with Crippen LogP contribution in [0.3, 0.4) is 0 Å². The number of piperidine rings is 1. The maximum atomic E-state index is 4.82. The summed E-state index contributed by atoms with van der Waals surface area (Å²) in [6.07, 6.45) is 6.12. The summed E-state index contributed by atoms with van der Waals surface area (Å²) in [5.74, 6) is 1.39. The van der Waals surface area contributed by atoms with Gasteiger partial charge in [-0.05, 0) is 64.0 Å². The molecule has 1 aliphatic rings. The van der Waals surface area contributed by atoms with Crippen LogP contribution in [-0.4, -0.2) is 32.9 Å². The van der Waals surface area contributed by atoms with Crippen molar-refractivity contribution in [3.8, 4) is 0 Å². The average Bonchev–Trinajstić information content (AvgIpc) is 3.07.